The third-order valence-corrected chi connectivity index (χ3v) is 5.51. The fourth-order valence-corrected chi connectivity index (χ4v) is 3.67. The van der Waals surface area contributed by atoms with E-state index in [2.05, 4.69) is 15.2 Å². The molecule has 3 amide bonds. The van der Waals surface area contributed by atoms with Crippen LogP contribution in [0.4, 0.5) is 5.69 Å². The summed E-state index contributed by atoms with van der Waals surface area (Å²) < 4.78 is 11.7. The third-order valence-electron chi connectivity index (χ3n) is 5.51. The Labute approximate surface area is 188 Å². The molecule has 0 unspecified atom stereocenters. The number of aromatic nitrogens is 2. The number of hydrogen-bond donors (Lipinski definition) is 1. The number of aryl methyl sites for hydroxylation is 1. The van der Waals surface area contributed by atoms with E-state index in [1.54, 1.807) is 9.80 Å². The number of carbonyl (C=O) groups is 3. The van der Waals surface area contributed by atoms with Crippen molar-refractivity contribution in [3.05, 3.63) is 27.7 Å². The molecule has 0 atom stereocenters. The van der Waals surface area contributed by atoms with Crippen molar-refractivity contribution < 1.29 is 23.9 Å². The molecule has 2 fully saturated rings. The minimum atomic E-state index is -0.491. The topological polar surface area (TPSA) is 142 Å². The second-order valence-corrected chi connectivity index (χ2v) is 7.64. The number of nitrogens with zero attached hydrogens (tertiary/aromatic N) is 6. The number of hydrogen-bond acceptors (Lipinski definition) is 8. The fourth-order valence-electron chi connectivity index (χ4n) is 3.67. The van der Waals surface area contributed by atoms with Crippen molar-refractivity contribution in [1.29, 1.82) is 0 Å². The van der Waals surface area contributed by atoms with Gasteiger partial charge in [0.15, 0.2) is 17.1 Å². The van der Waals surface area contributed by atoms with Crippen molar-refractivity contribution in [2.24, 2.45) is 17.1 Å². The zero-order valence-corrected chi connectivity index (χ0v) is 18.4. The van der Waals surface area contributed by atoms with Crippen LogP contribution < -0.4 is 5.56 Å². The van der Waals surface area contributed by atoms with Gasteiger partial charge in [0.1, 0.15) is 0 Å². The smallest absolute Gasteiger partial charge is 0.292 e. The number of morpholine rings is 2. The highest BCUT2D eigenvalue weighted by atomic mass is 16.5. The van der Waals surface area contributed by atoms with E-state index in [1.165, 1.54) is 26.4 Å². The summed E-state index contributed by atoms with van der Waals surface area (Å²) >= 11 is 0. The molecule has 4 rings (SSSR count). The number of rotatable bonds is 4. The van der Waals surface area contributed by atoms with E-state index < -0.39 is 11.5 Å². The first-order chi connectivity index (χ1) is 15.9. The average Bonchev–Trinajstić information content (AvgIpc) is 3.29. The van der Waals surface area contributed by atoms with Gasteiger partial charge < -0.3 is 19.3 Å². The number of aliphatic imine (C=N–C) groups is 1. The Hall–Kier alpha value is -3.58. The maximum absolute atomic E-state index is 12.9. The Morgan fingerprint density at radius 1 is 0.970 bits per heavy atom. The minimum absolute atomic E-state index is 0.00226. The normalized spacial score (nSPS) is 20.8. The first-order valence-electron chi connectivity index (χ1n) is 10.5. The van der Waals surface area contributed by atoms with Gasteiger partial charge >= 0.3 is 0 Å². The van der Waals surface area contributed by atoms with Crippen LogP contribution in [0.1, 0.15) is 10.5 Å². The lowest BCUT2D eigenvalue weighted by molar-refractivity contribution is -0.128. The summed E-state index contributed by atoms with van der Waals surface area (Å²) in [6.07, 6.45) is 2.56. The highest BCUT2D eigenvalue weighted by molar-refractivity contribution is 6.53. The molecule has 3 aliphatic heterocycles. The summed E-state index contributed by atoms with van der Waals surface area (Å²) in [5.41, 5.74) is -0.460. The Balaban J connectivity index is 1.59. The van der Waals surface area contributed by atoms with E-state index >= 15 is 0 Å². The lowest BCUT2D eigenvalue weighted by Crippen LogP contribution is -2.44. The number of likely N-dealkylation sites (N-methyl/N-ethyl adjacent to an activating group) is 1. The van der Waals surface area contributed by atoms with Crippen LogP contribution in [0.2, 0.25) is 0 Å². The number of ether oxygens (including phenoxy) is 2. The molecule has 1 N–H and O–H groups in total. The molecule has 13 nitrogen and oxygen atoms in total. The lowest BCUT2D eigenvalue weighted by Gasteiger charge is -2.26. The van der Waals surface area contributed by atoms with Crippen LogP contribution in [0, 0.1) is 0 Å². The number of hydrazone groups is 1. The number of carbonyl (C=O) groups excluding carboxylic acids is 3. The molecule has 0 saturated carbocycles. The van der Waals surface area contributed by atoms with E-state index in [0.29, 0.717) is 52.6 Å². The molecule has 0 aromatic carbocycles. The fraction of sp³-hybridized carbons (Fsp3) is 0.500. The molecule has 0 bridgehead atoms. The van der Waals surface area contributed by atoms with Gasteiger partial charge in [-0.25, -0.2) is 10.0 Å². The van der Waals surface area contributed by atoms with Gasteiger partial charge in [-0.15, -0.1) is 0 Å². The third kappa shape index (κ3) is 4.50. The van der Waals surface area contributed by atoms with Gasteiger partial charge in [0.2, 0.25) is 0 Å². The molecule has 3 aliphatic rings. The molecule has 0 aliphatic carbocycles. The van der Waals surface area contributed by atoms with E-state index in [0.717, 1.165) is 9.69 Å². The number of amides is 3. The van der Waals surface area contributed by atoms with E-state index in [-0.39, 0.29) is 34.5 Å². The molecular formula is C20H25N7O6. The van der Waals surface area contributed by atoms with Crippen molar-refractivity contribution in [2.45, 2.75) is 0 Å². The molecule has 0 spiro atoms. The maximum atomic E-state index is 12.9. The molecule has 13 heteroatoms. The predicted molar refractivity (Wildman–Crippen MR) is 117 cm³/mol. The van der Waals surface area contributed by atoms with Crippen molar-refractivity contribution in [2.75, 3.05) is 59.7 Å². The van der Waals surface area contributed by atoms with Crippen molar-refractivity contribution >= 4 is 35.3 Å². The summed E-state index contributed by atoms with van der Waals surface area (Å²) in [5.74, 6) is -1.21. The van der Waals surface area contributed by atoms with Gasteiger partial charge in [-0.1, -0.05) is 0 Å². The Bertz CT molecular complexity index is 1100. The summed E-state index contributed by atoms with van der Waals surface area (Å²) in [7, 11) is 2.94. The molecule has 4 heterocycles. The average molecular weight is 459 g/mol. The first kappa shape index (κ1) is 22.6. The molecular weight excluding hydrogens is 434 g/mol. The van der Waals surface area contributed by atoms with Crippen molar-refractivity contribution in [1.82, 2.24) is 24.6 Å². The molecule has 2 saturated heterocycles. The first-order valence-corrected chi connectivity index (χ1v) is 10.5. The summed E-state index contributed by atoms with van der Waals surface area (Å²) in [6.45, 7) is 3.30. The van der Waals surface area contributed by atoms with Gasteiger partial charge in [0.05, 0.1) is 32.0 Å². The Morgan fingerprint density at radius 2 is 1.55 bits per heavy atom. The molecule has 1 aromatic heterocycles. The number of aromatic amines is 1. The van der Waals surface area contributed by atoms with Gasteiger partial charge in [0, 0.05) is 46.5 Å². The maximum Gasteiger partial charge on any atom is 0.292 e. The van der Waals surface area contributed by atoms with Gasteiger partial charge in [-0.3, -0.25) is 29.0 Å². The number of allylic oxidation sites excluding steroid dienone is 1. The molecule has 33 heavy (non-hydrogen) atoms. The number of H-pyrrole nitrogens is 1. The van der Waals surface area contributed by atoms with Gasteiger partial charge in [0.25, 0.3) is 23.3 Å². The van der Waals surface area contributed by atoms with E-state index in [4.69, 9.17) is 9.47 Å². The van der Waals surface area contributed by atoms with Gasteiger partial charge in [-0.2, -0.15) is 5.10 Å². The second kappa shape index (κ2) is 9.50. The standard InChI is InChI=1S/C20H25N7O6/c1-24-17(28)13(14(22-24)19(30)26-5-9-32-10-6-26)3-4-21-15-16(23-25(2)18(15)29)20(31)27-7-11-33-12-8-27/h3-4,23H,5-12H2,1-2H3/b13-3-,21-4?. The van der Waals surface area contributed by atoms with Crippen LogP contribution in [0.5, 0.6) is 0 Å². The van der Waals surface area contributed by atoms with E-state index in [9.17, 15) is 19.2 Å². The highest BCUT2D eigenvalue weighted by Gasteiger charge is 2.35. The lowest BCUT2D eigenvalue weighted by atomic mass is 10.1. The van der Waals surface area contributed by atoms with Crippen LogP contribution in [0.25, 0.3) is 0 Å². The molecule has 176 valence electrons. The van der Waals surface area contributed by atoms with Gasteiger partial charge in [-0.05, 0) is 6.08 Å². The van der Waals surface area contributed by atoms with Crippen LogP contribution in [-0.4, -0.2) is 114 Å². The van der Waals surface area contributed by atoms with E-state index in [1.807, 2.05) is 0 Å². The zero-order valence-electron chi connectivity index (χ0n) is 18.4. The monoisotopic (exact) mass is 459 g/mol. The summed E-state index contributed by atoms with van der Waals surface area (Å²) in [4.78, 5) is 58.1. The Kier molecular flexibility index (Phi) is 6.51. The quantitative estimate of drug-likeness (QED) is 0.429. The largest absolute Gasteiger partial charge is 0.378 e. The summed E-state index contributed by atoms with van der Waals surface area (Å²) in [6, 6.07) is 0. The summed E-state index contributed by atoms with van der Waals surface area (Å²) in [5, 5.41) is 7.89. The minimum Gasteiger partial charge on any atom is -0.378 e. The zero-order chi connectivity index (χ0) is 23.5. The molecule has 0 radical (unpaired) electrons. The number of nitrogens with one attached hydrogen (secondary N) is 1. The van der Waals surface area contributed by atoms with Crippen LogP contribution in [-0.2, 0) is 26.1 Å². The predicted octanol–water partition coefficient (Wildman–Crippen LogP) is -1.50. The Morgan fingerprint density at radius 3 is 2.15 bits per heavy atom. The van der Waals surface area contributed by atoms with Crippen molar-refractivity contribution in [3.63, 3.8) is 0 Å². The molecule has 1 aromatic rings. The van der Waals surface area contributed by atoms with Crippen LogP contribution in [0.15, 0.2) is 26.5 Å². The SMILES string of the molecule is CN1N=C(C(=O)N2CCOCC2)/C(=C/C=Nc2c(C(=O)N3CCOCC3)[nH]n(C)c2=O)C1=O. The second-order valence-electron chi connectivity index (χ2n) is 7.64. The van der Waals surface area contributed by atoms with Crippen LogP contribution >= 0.6 is 0 Å². The van der Waals surface area contributed by atoms with Crippen LogP contribution in [0.3, 0.4) is 0 Å². The highest BCUT2D eigenvalue weighted by Crippen LogP contribution is 2.18. The van der Waals surface area contributed by atoms with Crippen molar-refractivity contribution in [3.8, 4) is 0 Å².